The highest BCUT2D eigenvalue weighted by Gasteiger charge is 2.26. The van der Waals surface area contributed by atoms with Crippen LogP contribution in [0.4, 0.5) is 13.2 Å². The molecule has 0 amide bonds. The topological polar surface area (TPSA) is 39.7 Å². The van der Waals surface area contributed by atoms with Crippen LogP contribution in [-0.4, -0.2) is 57.3 Å². The fraction of sp³-hybridized carbons (Fsp3) is 0.923. The van der Waals surface area contributed by atoms with E-state index in [2.05, 4.69) is 34.4 Å². The van der Waals surface area contributed by atoms with Crippen LogP contribution >= 0.6 is 0 Å². The number of guanidine groups is 1. The largest absolute Gasteiger partial charge is 0.390 e. The lowest BCUT2D eigenvalue weighted by atomic mass is 9.93. The van der Waals surface area contributed by atoms with E-state index in [1.807, 2.05) is 21.0 Å². The Bertz CT molecular complexity index is 298. The highest BCUT2D eigenvalue weighted by atomic mass is 19.4. The average molecular weight is 296 g/mol. The average Bonchev–Trinajstić information content (AvgIpc) is 2.22. The van der Waals surface area contributed by atoms with Crippen LogP contribution in [-0.2, 0) is 0 Å². The number of hydrogen-bond acceptors (Lipinski definition) is 2. The number of hydrogen-bond donors (Lipinski definition) is 2. The van der Waals surface area contributed by atoms with Crippen LogP contribution in [0.2, 0.25) is 0 Å². The first-order valence-electron chi connectivity index (χ1n) is 6.79. The van der Waals surface area contributed by atoms with E-state index >= 15 is 0 Å². The van der Waals surface area contributed by atoms with Crippen molar-refractivity contribution in [1.82, 2.24) is 15.5 Å². The summed E-state index contributed by atoms with van der Waals surface area (Å²) in [6, 6.07) is 0. The lowest BCUT2D eigenvalue weighted by molar-refractivity contribution is -0.132. The van der Waals surface area contributed by atoms with Crippen LogP contribution in [0.3, 0.4) is 0 Å². The maximum atomic E-state index is 12.1. The minimum Gasteiger partial charge on any atom is -0.357 e. The van der Waals surface area contributed by atoms with Gasteiger partial charge in [0.2, 0.25) is 0 Å². The van der Waals surface area contributed by atoms with Crippen LogP contribution in [0.5, 0.6) is 0 Å². The summed E-state index contributed by atoms with van der Waals surface area (Å²) >= 11 is 0. The molecule has 0 aromatic carbocycles. The Hall–Kier alpha value is -0.980. The Balaban J connectivity index is 4.39. The maximum absolute atomic E-state index is 12.1. The molecule has 0 aliphatic carbocycles. The van der Waals surface area contributed by atoms with Gasteiger partial charge in [0.05, 0.1) is 6.42 Å². The van der Waals surface area contributed by atoms with Crippen LogP contribution in [0, 0.1) is 5.41 Å². The monoisotopic (exact) mass is 296 g/mol. The van der Waals surface area contributed by atoms with E-state index in [0.29, 0.717) is 19.0 Å². The fourth-order valence-electron chi connectivity index (χ4n) is 1.86. The van der Waals surface area contributed by atoms with Crippen molar-refractivity contribution in [2.24, 2.45) is 10.4 Å². The quantitative estimate of drug-likeness (QED) is 0.558. The van der Waals surface area contributed by atoms with Gasteiger partial charge < -0.3 is 15.5 Å². The lowest BCUT2D eigenvalue weighted by Crippen LogP contribution is -2.40. The molecule has 2 N–H and O–H groups in total. The Morgan fingerprint density at radius 3 is 2.20 bits per heavy atom. The van der Waals surface area contributed by atoms with E-state index in [0.717, 1.165) is 6.54 Å². The molecule has 20 heavy (non-hydrogen) atoms. The summed E-state index contributed by atoms with van der Waals surface area (Å²) in [6.07, 6.45) is -5.01. The molecule has 0 aliphatic heterocycles. The van der Waals surface area contributed by atoms with Gasteiger partial charge in [-0.3, -0.25) is 4.99 Å². The first-order chi connectivity index (χ1) is 9.06. The molecule has 4 nitrogen and oxygen atoms in total. The van der Waals surface area contributed by atoms with Crippen LogP contribution in [0.1, 0.15) is 27.2 Å². The molecule has 0 saturated carbocycles. The highest BCUT2D eigenvalue weighted by Crippen LogP contribution is 2.18. The third kappa shape index (κ3) is 10.9. The maximum Gasteiger partial charge on any atom is 0.390 e. The van der Waals surface area contributed by atoms with E-state index in [9.17, 15) is 13.2 Å². The molecule has 0 rings (SSSR count). The van der Waals surface area contributed by atoms with Gasteiger partial charge >= 0.3 is 6.18 Å². The second-order valence-electron chi connectivity index (χ2n) is 5.89. The standard InChI is InChI=1S/C13H27F3N4/c1-6-17-11(18-8-7-13(14,15)16)19-9-12(2,3)10-20(4)5/h6-10H2,1-5H3,(H2,17,18,19). The summed E-state index contributed by atoms with van der Waals surface area (Å²) in [6.45, 7) is 7.90. The molecule has 0 fully saturated rings. The zero-order valence-electron chi connectivity index (χ0n) is 13.1. The molecular formula is C13H27F3N4. The summed E-state index contributed by atoms with van der Waals surface area (Å²) in [4.78, 5) is 6.43. The van der Waals surface area contributed by atoms with E-state index in [4.69, 9.17) is 0 Å². The zero-order valence-corrected chi connectivity index (χ0v) is 13.1. The molecule has 7 heteroatoms. The third-order valence-electron chi connectivity index (χ3n) is 2.45. The molecule has 0 bridgehead atoms. The highest BCUT2D eigenvalue weighted by molar-refractivity contribution is 5.79. The summed E-state index contributed by atoms with van der Waals surface area (Å²) in [5, 5.41) is 5.66. The second kappa shape index (κ2) is 8.34. The van der Waals surface area contributed by atoms with Gasteiger partial charge in [0.1, 0.15) is 0 Å². The van der Waals surface area contributed by atoms with Crippen molar-refractivity contribution in [3.63, 3.8) is 0 Å². The lowest BCUT2D eigenvalue weighted by Gasteiger charge is -2.26. The molecule has 0 aromatic heterocycles. The first-order valence-corrected chi connectivity index (χ1v) is 6.79. The first kappa shape index (κ1) is 19.0. The smallest absolute Gasteiger partial charge is 0.357 e. The Morgan fingerprint density at radius 1 is 1.15 bits per heavy atom. The fourth-order valence-corrected chi connectivity index (χ4v) is 1.86. The predicted molar refractivity (Wildman–Crippen MR) is 77.0 cm³/mol. The SMILES string of the molecule is CCNC(=NCC(C)(C)CN(C)C)NCCC(F)(F)F. The number of halogens is 3. The number of nitrogens with zero attached hydrogens (tertiary/aromatic N) is 2. The molecular weight excluding hydrogens is 269 g/mol. The minimum absolute atomic E-state index is 0.0319. The van der Waals surface area contributed by atoms with Gasteiger partial charge in [-0.15, -0.1) is 0 Å². The van der Waals surface area contributed by atoms with E-state index in [1.54, 1.807) is 0 Å². The van der Waals surface area contributed by atoms with Crippen LogP contribution < -0.4 is 10.6 Å². The number of rotatable bonds is 7. The summed E-state index contributed by atoms with van der Waals surface area (Å²) in [5.41, 5.74) is -0.0319. The third-order valence-corrected chi connectivity index (χ3v) is 2.45. The number of alkyl halides is 3. The van der Waals surface area contributed by atoms with E-state index in [-0.39, 0.29) is 12.0 Å². The van der Waals surface area contributed by atoms with Crippen molar-refractivity contribution >= 4 is 5.96 Å². The molecule has 0 heterocycles. The molecule has 120 valence electrons. The summed E-state index contributed by atoms with van der Waals surface area (Å²) in [5.74, 6) is 0.434. The molecule has 0 saturated heterocycles. The van der Waals surface area contributed by atoms with Crippen LogP contribution in [0.15, 0.2) is 4.99 Å². The van der Waals surface area contributed by atoms with Crippen molar-refractivity contribution in [3.05, 3.63) is 0 Å². The van der Waals surface area contributed by atoms with Crippen molar-refractivity contribution in [1.29, 1.82) is 0 Å². The van der Waals surface area contributed by atoms with Crippen molar-refractivity contribution in [3.8, 4) is 0 Å². The number of aliphatic imine (C=N–C) groups is 1. The van der Waals surface area contributed by atoms with Gasteiger partial charge in [0.25, 0.3) is 0 Å². The van der Waals surface area contributed by atoms with Gasteiger partial charge in [-0.25, -0.2) is 0 Å². The Kier molecular flexibility index (Phi) is 7.93. The molecule has 0 aromatic rings. The summed E-state index contributed by atoms with van der Waals surface area (Å²) < 4.78 is 36.3. The van der Waals surface area contributed by atoms with E-state index < -0.39 is 12.6 Å². The normalized spacial score (nSPS) is 13.8. The van der Waals surface area contributed by atoms with Crippen molar-refractivity contribution in [2.75, 3.05) is 40.3 Å². The Labute approximate surface area is 119 Å². The van der Waals surface area contributed by atoms with E-state index in [1.165, 1.54) is 0 Å². The summed E-state index contributed by atoms with van der Waals surface area (Å²) in [7, 11) is 3.97. The minimum atomic E-state index is -4.14. The number of nitrogens with one attached hydrogen (secondary N) is 2. The zero-order chi connectivity index (χ0) is 15.8. The van der Waals surface area contributed by atoms with Gasteiger partial charge in [-0.05, 0) is 26.4 Å². The molecule has 0 aliphatic rings. The molecule has 0 atom stereocenters. The van der Waals surface area contributed by atoms with Gasteiger partial charge in [-0.2, -0.15) is 13.2 Å². The second-order valence-corrected chi connectivity index (χ2v) is 5.89. The molecule has 0 radical (unpaired) electrons. The van der Waals surface area contributed by atoms with Crippen LogP contribution in [0.25, 0.3) is 0 Å². The van der Waals surface area contributed by atoms with Gasteiger partial charge in [-0.1, -0.05) is 13.8 Å². The van der Waals surface area contributed by atoms with Crippen molar-refractivity contribution in [2.45, 2.75) is 33.4 Å². The van der Waals surface area contributed by atoms with Gasteiger partial charge in [0.15, 0.2) is 5.96 Å². The van der Waals surface area contributed by atoms with Gasteiger partial charge in [0, 0.05) is 26.2 Å². The molecule has 0 spiro atoms. The molecule has 0 unspecified atom stereocenters. The predicted octanol–water partition coefficient (Wildman–Crippen LogP) is 2.08. The Morgan fingerprint density at radius 2 is 1.75 bits per heavy atom. The van der Waals surface area contributed by atoms with Crippen molar-refractivity contribution < 1.29 is 13.2 Å².